The number of nitrogens with zero attached hydrogens (tertiary/aromatic N) is 3. The van der Waals surface area contributed by atoms with Crippen LogP contribution in [0.1, 0.15) is 60.3 Å². The summed E-state index contributed by atoms with van der Waals surface area (Å²) in [7, 11) is -1.23. The Kier molecular flexibility index (Phi) is 11.2. The number of imidazole rings is 1. The van der Waals surface area contributed by atoms with Crippen molar-refractivity contribution < 1.29 is 28.6 Å². The molecule has 0 fully saturated rings. The molecule has 11 rings (SSSR count). The third-order valence-electron chi connectivity index (χ3n) is 12.6. The smallest absolute Gasteiger partial charge is 0.121 e. The van der Waals surface area contributed by atoms with E-state index in [4.69, 9.17) is 13.5 Å². The molecule has 3 aromatic heterocycles. The molecule has 329 valence electrons. The third kappa shape index (κ3) is 8.23. The van der Waals surface area contributed by atoms with Crippen molar-refractivity contribution in [3.8, 4) is 39.5 Å². The first-order chi connectivity index (χ1) is 32.7. The van der Waals surface area contributed by atoms with Gasteiger partial charge in [0.2, 0.25) is 0 Å². The van der Waals surface area contributed by atoms with E-state index in [0.29, 0.717) is 27.9 Å². The molecule has 0 unspecified atom stereocenters. The van der Waals surface area contributed by atoms with Crippen LogP contribution in [0.5, 0.6) is 0 Å². The van der Waals surface area contributed by atoms with Crippen molar-refractivity contribution in [1.82, 2.24) is 14.5 Å². The van der Waals surface area contributed by atoms with Gasteiger partial charge in [-0.1, -0.05) is 156 Å². The topological polar surface area (TPSA) is 43.9 Å². The zero-order valence-corrected chi connectivity index (χ0v) is 41.7. The third-order valence-corrected chi connectivity index (χ3v) is 14.6. The number of rotatable bonds is 7. The largest absolute Gasteiger partial charge is 0.501 e. The molecule has 0 aliphatic heterocycles. The van der Waals surface area contributed by atoms with Crippen LogP contribution < -0.4 is 5.19 Å². The van der Waals surface area contributed by atoms with Crippen molar-refractivity contribution in [3.05, 3.63) is 193 Å². The van der Waals surface area contributed by atoms with Crippen LogP contribution in [0.4, 0.5) is 0 Å². The molecule has 11 aromatic rings. The van der Waals surface area contributed by atoms with Gasteiger partial charge in [-0.15, -0.1) is 53.6 Å². The zero-order chi connectivity index (χ0) is 47.5. The first kappa shape index (κ1) is 41.0. The van der Waals surface area contributed by atoms with Crippen molar-refractivity contribution >= 4 is 67.8 Å². The van der Waals surface area contributed by atoms with Crippen LogP contribution in [0.25, 0.3) is 94.0 Å². The average molecular weight is 1060 g/mol. The normalized spacial score (nSPS) is 12.7. The molecule has 66 heavy (non-hydrogen) atoms. The first-order valence-corrected chi connectivity index (χ1v) is 26.0. The van der Waals surface area contributed by atoms with Gasteiger partial charge >= 0.3 is 0 Å². The van der Waals surface area contributed by atoms with Gasteiger partial charge in [0.15, 0.2) is 0 Å². The van der Waals surface area contributed by atoms with Crippen LogP contribution >= 0.6 is 0 Å². The van der Waals surface area contributed by atoms with Crippen LogP contribution in [-0.4, -0.2) is 22.6 Å². The average Bonchev–Trinajstić information content (AvgIpc) is 3.91. The van der Waals surface area contributed by atoms with E-state index in [1.807, 2.05) is 66.9 Å². The Morgan fingerprint density at radius 3 is 2.08 bits per heavy atom. The number of pyridine rings is 1. The van der Waals surface area contributed by atoms with E-state index >= 15 is 0 Å². The molecular formula is C60H53IrN3OSi-2. The maximum atomic E-state index is 8.57. The summed E-state index contributed by atoms with van der Waals surface area (Å²) in [6.07, 6.45) is 2.02. The van der Waals surface area contributed by atoms with Gasteiger partial charge in [0.05, 0.1) is 30.5 Å². The maximum Gasteiger partial charge on any atom is 0.121 e. The van der Waals surface area contributed by atoms with E-state index in [2.05, 4.69) is 160 Å². The van der Waals surface area contributed by atoms with Gasteiger partial charge in [-0.25, -0.2) is 0 Å². The molecule has 8 aromatic carbocycles. The minimum Gasteiger partial charge on any atom is -0.501 e. The molecule has 3 heterocycles. The number of benzene rings is 8. The van der Waals surface area contributed by atoms with Gasteiger partial charge in [0.25, 0.3) is 0 Å². The van der Waals surface area contributed by atoms with Crippen LogP contribution in [0, 0.1) is 19.0 Å². The van der Waals surface area contributed by atoms with E-state index < -0.39 is 14.9 Å². The summed E-state index contributed by atoms with van der Waals surface area (Å²) in [6, 6.07) is 60.4. The Bertz CT molecular complexity index is 3620. The van der Waals surface area contributed by atoms with Crippen LogP contribution in [0.15, 0.2) is 168 Å². The van der Waals surface area contributed by atoms with Gasteiger partial charge in [-0.05, 0) is 103 Å². The van der Waals surface area contributed by atoms with Crippen LogP contribution in [0.3, 0.4) is 0 Å². The Morgan fingerprint density at radius 2 is 1.38 bits per heavy atom. The number of hydrogen-bond donors (Lipinski definition) is 0. The number of furan rings is 1. The maximum absolute atomic E-state index is 8.57. The summed E-state index contributed by atoms with van der Waals surface area (Å²) >= 11 is 0. The molecule has 0 saturated carbocycles. The van der Waals surface area contributed by atoms with Crippen LogP contribution in [0.2, 0.25) is 19.6 Å². The fraction of sp³-hybridized carbons (Fsp3) is 0.167. The molecular weight excluding hydrogens is 999 g/mol. The summed E-state index contributed by atoms with van der Waals surface area (Å²) in [5, 5.41) is 7.06. The number of aromatic nitrogens is 3. The molecule has 0 bridgehead atoms. The van der Waals surface area contributed by atoms with Gasteiger partial charge < -0.3 is 14.0 Å². The van der Waals surface area contributed by atoms with E-state index in [1.165, 1.54) is 27.4 Å². The molecule has 6 heteroatoms. The SMILES string of the molecule is C[Si](C)(C)c1ccc(-c2[c-]cccc2)nc1.[2H]C([2H])([2H])c1c[c-]c(-c2nc3ccccc3n2-c2c(C(C)C)cc(-c3ccccc3)cc2C(C)C)c2oc3cc4c(ccc5ccccc54)cc3c12.[Ir]. The van der Waals surface area contributed by atoms with Crippen LogP contribution in [-0.2, 0) is 20.1 Å². The predicted molar refractivity (Wildman–Crippen MR) is 277 cm³/mol. The zero-order valence-electron chi connectivity index (χ0n) is 41.3. The fourth-order valence-electron chi connectivity index (χ4n) is 9.07. The summed E-state index contributed by atoms with van der Waals surface area (Å²) in [4.78, 5) is 9.80. The molecule has 0 N–H and O–H groups in total. The second-order valence-electron chi connectivity index (χ2n) is 18.6. The summed E-state index contributed by atoms with van der Waals surface area (Å²) in [6.45, 7) is 13.6. The quantitative estimate of drug-likeness (QED) is 0.0908. The predicted octanol–water partition coefficient (Wildman–Crippen LogP) is 16.0. The minimum atomic E-state index is -2.38. The van der Waals surface area contributed by atoms with Crippen molar-refractivity contribution in [3.63, 3.8) is 0 Å². The van der Waals surface area contributed by atoms with Gasteiger partial charge in [0, 0.05) is 41.5 Å². The Labute approximate surface area is 407 Å². The van der Waals surface area contributed by atoms with Crippen molar-refractivity contribution in [1.29, 1.82) is 0 Å². The molecule has 1 radical (unpaired) electrons. The first-order valence-electron chi connectivity index (χ1n) is 24.0. The molecule has 0 atom stereocenters. The standard InChI is InChI=1S/C46H37N2O.C14H16NSi.Ir/c1-27(2)36-24-33(30-13-7-6-8-14-30)25-37(28(3)4)44(36)48-41-18-12-11-17-40(41)47-46(48)35-22-19-29(5)43-39-23-32-21-20-31-15-9-10-16-34(31)38(32)26-42(39)49-45(35)43;1-16(2,3)13-9-10-14(15-11-13)12-7-5-4-6-8-12;/h6-21,23-28H,1-5H3;4-7,9-11H,1-3H3;/q2*-1;/i5D3;;. The molecule has 0 spiro atoms. The van der Waals surface area contributed by atoms with Gasteiger partial charge in [0.1, 0.15) is 5.58 Å². The van der Waals surface area contributed by atoms with Gasteiger partial charge in [-0.3, -0.25) is 4.98 Å². The van der Waals surface area contributed by atoms with Crippen molar-refractivity contribution in [2.45, 2.75) is 66.0 Å². The molecule has 0 aliphatic rings. The molecule has 0 aliphatic carbocycles. The second-order valence-corrected chi connectivity index (χ2v) is 23.7. The molecule has 0 saturated heterocycles. The number of fused-ring (bicyclic) bond motifs is 7. The molecule has 4 nitrogen and oxygen atoms in total. The Hall–Kier alpha value is -6.43. The monoisotopic (exact) mass is 1060 g/mol. The number of hydrogen-bond acceptors (Lipinski definition) is 3. The Balaban J connectivity index is 0.000000296. The van der Waals surface area contributed by atoms with E-state index in [9.17, 15) is 0 Å². The number of para-hydroxylation sites is 2. The van der Waals surface area contributed by atoms with E-state index in [1.54, 1.807) is 6.07 Å². The Morgan fingerprint density at radius 1 is 0.667 bits per heavy atom. The minimum absolute atomic E-state index is 0. The van der Waals surface area contributed by atoms with E-state index in [0.717, 1.165) is 54.9 Å². The van der Waals surface area contributed by atoms with Gasteiger partial charge in [-0.2, -0.15) is 0 Å². The summed E-state index contributed by atoms with van der Waals surface area (Å²) in [5.41, 5.74) is 11.6. The summed E-state index contributed by atoms with van der Waals surface area (Å²) in [5.74, 6) is 1.05. The van der Waals surface area contributed by atoms with Crippen molar-refractivity contribution in [2.75, 3.05) is 0 Å². The summed E-state index contributed by atoms with van der Waals surface area (Å²) < 4.78 is 34.8. The number of aryl methyl sites for hydroxylation is 1. The fourth-order valence-corrected chi connectivity index (χ4v) is 10.1. The molecule has 0 amide bonds. The second kappa shape index (κ2) is 18.1. The van der Waals surface area contributed by atoms with Crippen molar-refractivity contribution in [2.24, 2.45) is 0 Å². The van der Waals surface area contributed by atoms with E-state index in [-0.39, 0.29) is 37.5 Å².